The van der Waals surface area contributed by atoms with E-state index in [1.165, 1.54) is 6.42 Å². The molecule has 2 fully saturated rings. The van der Waals surface area contributed by atoms with Crippen LogP contribution in [0.3, 0.4) is 0 Å². The number of hydrogen-bond donors (Lipinski definition) is 3. The van der Waals surface area contributed by atoms with E-state index in [-0.39, 0.29) is 6.10 Å². The molecule has 0 saturated heterocycles. The molecule has 1 unspecified atom stereocenters. The van der Waals surface area contributed by atoms with Crippen molar-refractivity contribution >= 4 is 28.4 Å². The molecule has 0 aliphatic heterocycles. The minimum absolute atomic E-state index is 0.0461. The molecule has 8 nitrogen and oxygen atoms in total. The average molecular weight is 486 g/mol. The topological polar surface area (TPSA) is 107 Å². The van der Waals surface area contributed by atoms with Gasteiger partial charge in [-0.25, -0.2) is 9.78 Å². The SMILES string of the molecule is CC(OC(=O)Nc1ccc(-c2c(N)c3ccc(OCc4ncc[nH]4)cc3n2C2CCC2)cc1)C1CC1. The third-order valence-corrected chi connectivity index (χ3v) is 7.37. The number of fused-ring (bicyclic) bond motifs is 1. The zero-order chi connectivity index (χ0) is 24.6. The molecular weight excluding hydrogens is 454 g/mol. The second kappa shape index (κ2) is 9.26. The van der Waals surface area contributed by atoms with Gasteiger partial charge in [0.15, 0.2) is 0 Å². The van der Waals surface area contributed by atoms with E-state index in [1.54, 1.807) is 12.4 Å². The molecule has 1 atom stereocenters. The summed E-state index contributed by atoms with van der Waals surface area (Å²) in [6.07, 6.45) is 8.78. The van der Waals surface area contributed by atoms with Gasteiger partial charge in [0.2, 0.25) is 0 Å². The number of ether oxygens (including phenoxy) is 2. The van der Waals surface area contributed by atoms with E-state index < -0.39 is 6.09 Å². The van der Waals surface area contributed by atoms with Crippen LogP contribution in [0.2, 0.25) is 0 Å². The monoisotopic (exact) mass is 485 g/mol. The Labute approximate surface area is 209 Å². The summed E-state index contributed by atoms with van der Waals surface area (Å²) in [5.41, 5.74) is 11.3. The summed E-state index contributed by atoms with van der Waals surface area (Å²) >= 11 is 0. The van der Waals surface area contributed by atoms with Gasteiger partial charge < -0.3 is 24.8 Å². The van der Waals surface area contributed by atoms with Gasteiger partial charge >= 0.3 is 6.09 Å². The van der Waals surface area contributed by atoms with E-state index >= 15 is 0 Å². The zero-order valence-electron chi connectivity index (χ0n) is 20.4. The molecule has 2 aliphatic carbocycles. The number of H-pyrrole nitrogens is 1. The van der Waals surface area contributed by atoms with Crippen molar-refractivity contribution in [2.24, 2.45) is 5.92 Å². The van der Waals surface area contributed by atoms with Crippen molar-refractivity contribution in [1.29, 1.82) is 0 Å². The van der Waals surface area contributed by atoms with Crippen LogP contribution in [0.4, 0.5) is 16.2 Å². The molecule has 0 radical (unpaired) electrons. The van der Waals surface area contributed by atoms with Crippen molar-refractivity contribution in [3.8, 4) is 17.0 Å². The maximum Gasteiger partial charge on any atom is 0.411 e. The van der Waals surface area contributed by atoms with Gasteiger partial charge in [-0.2, -0.15) is 0 Å². The summed E-state index contributed by atoms with van der Waals surface area (Å²) in [6.45, 7) is 2.33. The van der Waals surface area contributed by atoms with Crippen molar-refractivity contribution in [3.05, 3.63) is 60.7 Å². The summed E-state index contributed by atoms with van der Waals surface area (Å²) in [4.78, 5) is 19.6. The minimum atomic E-state index is -0.410. The lowest BCUT2D eigenvalue weighted by molar-refractivity contribution is 0.108. The number of carbonyl (C=O) groups is 1. The molecular formula is C28H31N5O3. The van der Waals surface area contributed by atoms with Crippen molar-refractivity contribution < 1.29 is 14.3 Å². The highest BCUT2D eigenvalue weighted by molar-refractivity contribution is 6.01. The van der Waals surface area contributed by atoms with Crippen molar-refractivity contribution in [1.82, 2.24) is 14.5 Å². The average Bonchev–Trinajstić information content (AvgIpc) is 3.50. The molecule has 2 heterocycles. The fourth-order valence-corrected chi connectivity index (χ4v) is 4.94. The Morgan fingerprint density at radius 2 is 2.00 bits per heavy atom. The summed E-state index contributed by atoms with van der Waals surface area (Å²) in [5, 5.41) is 3.86. The number of carbonyl (C=O) groups excluding carboxylic acids is 1. The molecule has 6 rings (SSSR count). The molecule has 1 amide bonds. The predicted octanol–water partition coefficient (Wildman–Crippen LogP) is 6.26. The lowest BCUT2D eigenvalue weighted by Crippen LogP contribution is -2.21. The number of rotatable bonds is 8. The molecule has 2 aromatic carbocycles. The molecule has 4 N–H and O–H groups in total. The summed E-state index contributed by atoms with van der Waals surface area (Å²) in [6, 6.07) is 14.3. The Kier molecular flexibility index (Phi) is 5.79. The van der Waals surface area contributed by atoms with Crippen LogP contribution in [-0.4, -0.2) is 26.7 Å². The Balaban J connectivity index is 1.27. The Bertz CT molecular complexity index is 1370. The number of imidazole rings is 1. The van der Waals surface area contributed by atoms with Gasteiger partial charge in [-0.1, -0.05) is 12.1 Å². The van der Waals surface area contributed by atoms with E-state index in [9.17, 15) is 4.79 Å². The number of aromatic amines is 1. The maximum absolute atomic E-state index is 12.3. The zero-order valence-corrected chi connectivity index (χ0v) is 20.4. The molecule has 0 bridgehead atoms. The number of nitrogen functional groups attached to an aromatic ring is 1. The highest BCUT2D eigenvalue weighted by Gasteiger charge is 2.31. The highest BCUT2D eigenvalue weighted by Crippen LogP contribution is 2.45. The summed E-state index contributed by atoms with van der Waals surface area (Å²) in [7, 11) is 0. The highest BCUT2D eigenvalue weighted by atomic mass is 16.6. The van der Waals surface area contributed by atoms with Crippen LogP contribution in [0, 0.1) is 5.92 Å². The van der Waals surface area contributed by atoms with Crippen molar-refractivity contribution in [2.75, 3.05) is 11.1 Å². The van der Waals surface area contributed by atoms with Crippen LogP contribution in [0.5, 0.6) is 5.75 Å². The van der Waals surface area contributed by atoms with Gasteiger partial charge in [-0.3, -0.25) is 5.32 Å². The standard InChI is InChI=1S/C28H31N5O3/c1-17(18-5-6-18)36-28(34)32-20-9-7-19(8-10-20)27-26(29)23-12-11-22(35-16-25-30-13-14-31-25)15-24(23)33(27)21-3-2-4-21/h7-15,17-18,21H,2-6,16,29H2,1H3,(H,30,31)(H,32,34). The summed E-state index contributed by atoms with van der Waals surface area (Å²) < 4.78 is 13.8. The lowest BCUT2D eigenvalue weighted by Gasteiger charge is -2.30. The number of nitrogens with two attached hydrogens (primary N) is 1. The second-order valence-electron chi connectivity index (χ2n) is 9.87. The van der Waals surface area contributed by atoms with Crippen LogP contribution < -0.4 is 15.8 Å². The van der Waals surface area contributed by atoms with Crippen LogP contribution in [0.1, 0.15) is 50.9 Å². The van der Waals surface area contributed by atoms with Crippen LogP contribution in [-0.2, 0) is 11.3 Å². The van der Waals surface area contributed by atoms with Crippen LogP contribution in [0.15, 0.2) is 54.9 Å². The third-order valence-electron chi connectivity index (χ3n) is 7.37. The number of amides is 1. The van der Waals surface area contributed by atoms with Gasteiger partial charge in [0.05, 0.1) is 16.9 Å². The number of nitrogens with one attached hydrogen (secondary N) is 2. The van der Waals surface area contributed by atoms with Gasteiger partial charge in [0, 0.05) is 41.1 Å². The molecule has 186 valence electrons. The number of aromatic nitrogens is 3. The van der Waals surface area contributed by atoms with Crippen LogP contribution >= 0.6 is 0 Å². The molecule has 4 aromatic rings. The van der Waals surface area contributed by atoms with E-state index in [1.807, 2.05) is 43.3 Å². The minimum Gasteiger partial charge on any atom is -0.486 e. The van der Waals surface area contributed by atoms with Crippen molar-refractivity contribution in [3.63, 3.8) is 0 Å². The summed E-state index contributed by atoms with van der Waals surface area (Å²) in [5.74, 6) is 2.07. The van der Waals surface area contributed by atoms with E-state index in [2.05, 4.69) is 25.9 Å². The number of hydrogen-bond acceptors (Lipinski definition) is 5. The molecule has 36 heavy (non-hydrogen) atoms. The molecule has 0 spiro atoms. The third kappa shape index (κ3) is 4.39. The fourth-order valence-electron chi connectivity index (χ4n) is 4.94. The number of benzene rings is 2. The largest absolute Gasteiger partial charge is 0.486 e. The molecule has 2 aliphatic rings. The van der Waals surface area contributed by atoms with E-state index in [0.29, 0.717) is 24.3 Å². The fraction of sp³-hybridized carbons (Fsp3) is 0.357. The van der Waals surface area contributed by atoms with E-state index in [4.69, 9.17) is 15.2 Å². The van der Waals surface area contributed by atoms with Crippen molar-refractivity contribution in [2.45, 2.75) is 57.8 Å². The molecule has 8 heteroatoms. The number of nitrogens with zero attached hydrogens (tertiary/aromatic N) is 2. The Hall–Kier alpha value is -3.94. The van der Waals surface area contributed by atoms with Gasteiger partial charge in [0.25, 0.3) is 0 Å². The maximum atomic E-state index is 12.3. The van der Waals surface area contributed by atoms with Gasteiger partial charge in [-0.05, 0) is 69.2 Å². The lowest BCUT2D eigenvalue weighted by atomic mass is 9.92. The molecule has 2 aromatic heterocycles. The normalized spacial score (nSPS) is 16.5. The Morgan fingerprint density at radius 1 is 1.19 bits per heavy atom. The van der Waals surface area contributed by atoms with Gasteiger partial charge in [0.1, 0.15) is 24.3 Å². The first-order valence-electron chi connectivity index (χ1n) is 12.7. The Morgan fingerprint density at radius 3 is 2.67 bits per heavy atom. The van der Waals surface area contributed by atoms with Gasteiger partial charge in [-0.15, -0.1) is 0 Å². The first-order chi connectivity index (χ1) is 17.6. The first kappa shape index (κ1) is 22.5. The molecule has 2 saturated carbocycles. The first-order valence-corrected chi connectivity index (χ1v) is 12.7. The number of anilines is 2. The van der Waals surface area contributed by atoms with E-state index in [0.717, 1.165) is 65.1 Å². The predicted molar refractivity (Wildman–Crippen MR) is 140 cm³/mol. The quantitative estimate of drug-likeness (QED) is 0.273. The smallest absolute Gasteiger partial charge is 0.411 e. The second-order valence-corrected chi connectivity index (χ2v) is 9.87. The van der Waals surface area contributed by atoms with Crippen LogP contribution in [0.25, 0.3) is 22.2 Å².